The number of non-ortho nitro benzene ring substituents is 1. The molecule has 7 nitrogen and oxygen atoms in total. The number of hydrogen-bond donors (Lipinski definition) is 2. The van der Waals surface area contributed by atoms with Crippen LogP contribution in [0.3, 0.4) is 0 Å². The smallest absolute Gasteiger partial charge is 0.275 e. The fourth-order valence-electron chi connectivity index (χ4n) is 2.17. The van der Waals surface area contributed by atoms with Gasteiger partial charge in [0.2, 0.25) is 5.91 Å². The molecule has 0 saturated heterocycles. The third-order valence-corrected chi connectivity index (χ3v) is 3.26. The number of carbonyl (C=O) groups excluding carboxylic acids is 1. The van der Waals surface area contributed by atoms with Crippen LogP contribution < -0.4 is 15.4 Å². The molecule has 0 atom stereocenters. The fraction of sp³-hybridized carbons (Fsp3) is 0.278. The molecule has 1 amide bonds. The number of nitro benzene ring substituents is 1. The van der Waals surface area contributed by atoms with Gasteiger partial charge in [0, 0.05) is 24.4 Å². The van der Waals surface area contributed by atoms with Crippen LogP contribution in [0.2, 0.25) is 0 Å². The summed E-state index contributed by atoms with van der Waals surface area (Å²) in [5, 5.41) is 16.7. The number of ether oxygens (including phenoxy) is 1. The third kappa shape index (κ3) is 6.14. The summed E-state index contributed by atoms with van der Waals surface area (Å²) in [6, 6.07) is 13.9. The Morgan fingerprint density at radius 2 is 1.92 bits per heavy atom. The molecule has 0 saturated carbocycles. The molecule has 0 aliphatic rings. The Morgan fingerprint density at radius 3 is 2.56 bits per heavy atom. The average molecular weight is 343 g/mol. The van der Waals surface area contributed by atoms with Crippen LogP contribution in [0.1, 0.15) is 19.4 Å². The van der Waals surface area contributed by atoms with Gasteiger partial charge in [0.25, 0.3) is 5.69 Å². The predicted octanol–water partition coefficient (Wildman–Crippen LogP) is 3.11. The van der Waals surface area contributed by atoms with Crippen LogP contribution in [0.15, 0.2) is 48.5 Å². The maximum absolute atomic E-state index is 11.9. The van der Waals surface area contributed by atoms with Gasteiger partial charge >= 0.3 is 0 Å². The summed E-state index contributed by atoms with van der Waals surface area (Å²) in [6.07, 6.45) is -0.107. The van der Waals surface area contributed by atoms with E-state index in [1.165, 1.54) is 12.1 Å². The number of carbonyl (C=O) groups is 1. The lowest BCUT2D eigenvalue weighted by atomic mass is 10.2. The summed E-state index contributed by atoms with van der Waals surface area (Å²) in [7, 11) is 0. The van der Waals surface area contributed by atoms with E-state index in [1.54, 1.807) is 6.07 Å². The first-order valence-corrected chi connectivity index (χ1v) is 7.94. The number of anilines is 1. The van der Waals surface area contributed by atoms with Crippen LogP contribution in [0.4, 0.5) is 11.4 Å². The lowest BCUT2D eigenvalue weighted by molar-refractivity contribution is -0.384. The van der Waals surface area contributed by atoms with Gasteiger partial charge in [0.15, 0.2) is 0 Å². The average Bonchev–Trinajstić information content (AvgIpc) is 2.58. The number of benzene rings is 2. The van der Waals surface area contributed by atoms with Crippen LogP contribution >= 0.6 is 0 Å². The van der Waals surface area contributed by atoms with Crippen molar-refractivity contribution >= 4 is 17.3 Å². The number of amides is 1. The Kier molecular flexibility index (Phi) is 6.33. The Hall–Kier alpha value is -3.09. The van der Waals surface area contributed by atoms with E-state index in [1.807, 2.05) is 44.2 Å². The van der Waals surface area contributed by atoms with Crippen molar-refractivity contribution in [2.24, 2.45) is 0 Å². The Bertz CT molecular complexity index is 732. The summed E-state index contributed by atoms with van der Waals surface area (Å²) < 4.78 is 5.51. The lowest BCUT2D eigenvalue weighted by Gasteiger charge is -2.12. The van der Waals surface area contributed by atoms with Crippen LogP contribution in [0.5, 0.6) is 5.75 Å². The van der Waals surface area contributed by atoms with Crippen molar-refractivity contribution in [3.05, 3.63) is 64.2 Å². The monoisotopic (exact) mass is 343 g/mol. The van der Waals surface area contributed by atoms with Crippen molar-refractivity contribution in [2.45, 2.75) is 26.5 Å². The molecule has 132 valence electrons. The van der Waals surface area contributed by atoms with Crippen LogP contribution in [0, 0.1) is 10.1 Å². The predicted molar refractivity (Wildman–Crippen MR) is 95.6 cm³/mol. The summed E-state index contributed by atoms with van der Waals surface area (Å²) in [6.45, 7) is 4.11. The molecule has 0 aliphatic carbocycles. The van der Waals surface area contributed by atoms with Crippen molar-refractivity contribution in [2.75, 3.05) is 11.9 Å². The van der Waals surface area contributed by atoms with Gasteiger partial charge in [-0.25, -0.2) is 0 Å². The van der Waals surface area contributed by atoms with E-state index in [0.29, 0.717) is 18.0 Å². The van der Waals surface area contributed by atoms with E-state index in [4.69, 9.17) is 4.74 Å². The van der Waals surface area contributed by atoms with E-state index in [0.717, 1.165) is 5.56 Å². The molecule has 0 bridgehead atoms. The van der Waals surface area contributed by atoms with Crippen LogP contribution in [-0.4, -0.2) is 23.5 Å². The first kappa shape index (κ1) is 18.3. The Morgan fingerprint density at radius 1 is 1.20 bits per heavy atom. The molecule has 0 spiro atoms. The molecule has 2 aromatic rings. The molecular formula is C18H21N3O4. The quantitative estimate of drug-likeness (QED) is 0.567. The summed E-state index contributed by atoms with van der Waals surface area (Å²) >= 11 is 0. The highest BCUT2D eigenvalue weighted by Gasteiger charge is 2.12. The second-order valence-corrected chi connectivity index (χ2v) is 5.76. The summed E-state index contributed by atoms with van der Waals surface area (Å²) in [4.78, 5) is 22.5. The van der Waals surface area contributed by atoms with E-state index in [2.05, 4.69) is 10.6 Å². The summed E-state index contributed by atoms with van der Waals surface area (Å²) in [5.41, 5.74) is 1.36. The number of rotatable bonds is 8. The minimum absolute atomic E-state index is 0.00905. The highest BCUT2D eigenvalue weighted by molar-refractivity contribution is 5.80. The maximum atomic E-state index is 11.9. The van der Waals surface area contributed by atoms with E-state index in [9.17, 15) is 14.9 Å². The van der Waals surface area contributed by atoms with Gasteiger partial charge in [-0.05, 0) is 19.4 Å². The van der Waals surface area contributed by atoms with Gasteiger partial charge in [0.1, 0.15) is 5.75 Å². The van der Waals surface area contributed by atoms with E-state index >= 15 is 0 Å². The zero-order valence-corrected chi connectivity index (χ0v) is 14.2. The largest absolute Gasteiger partial charge is 0.491 e. The normalized spacial score (nSPS) is 10.4. The van der Waals surface area contributed by atoms with Crippen LogP contribution in [-0.2, 0) is 11.3 Å². The Balaban J connectivity index is 1.95. The number of nitro groups is 1. The van der Waals surface area contributed by atoms with Crippen molar-refractivity contribution in [3.63, 3.8) is 0 Å². The minimum atomic E-state index is -0.492. The second-order valence-electron chi connectivity index (χ2n) is 5.76. The minimum Gasteiger partial charge on any atom is -0.491 e. The molecule has 0 aliphatic heterocycles. The van der Waals surface area contributed by atoms with Gasteiger partial charge in [-0.15, -0.1) is 0 Å². The van der Waals surface area contributed by atoms with Crippen LogP contribution in [0.25, 0.3) is 0 Å². The molecule has 25 heavy (non-hydrogen) atoms. The number of nitrogens with one attached hydrogen (secondary N) is 2. The molecule has 2 aromatic carbocycles. The Labute approximate surface area is 146 Å². The lowest BCUT2D eigenvalue weighted by Crippen LogP contribution is -2.29. The molecule has 2 rings (SSSR count). The SMILES string of the molecule is CC(C)Oc1cc(NCC(=O)NCc2ccccc2)cc([N+](=O)[O-])c1. The number of nitrogens with zero attached hydrogens (tertiary/aromatic N) is 1. The zero-order chi connectivity index (χ0) is 18.2. The van der Waals surface area contributed by atoms with Crippen molar-refractivity contribution in [1.82, 2.24) is 5.32 Å². The molecule has 0 heterocycles. The first-order chi connectivity index (χ1) is 11.9. The van der Waals surface area contributed by atoms with Crippen molar-refractivity contribution in [1.29, 1.82) is 0 Å². The van der Waals surface area contributed by atoms with Crippen molar-refractivity contribution < 1.29 is 14.5 Å². The van der Waals surface area contributed by atoms with Gasteiger partial charge in [-0.2, -0.15) is 0 Å². The van der Waals surface area contributed by atoms with Gasteiger partial charge < -0.3 is 15.4 Å². The first-order valence-electron chi connectivity index (χ1n) is 7.94. The maximum Gasteiger partial charge on any atom is 0.275 e. The highest BCUT2D eigenvalue weighted by atomic mass is 16.6. The molecule has 0 fully saturated rings. The summed E-state index contributed by atoms with van der Waals surface area (Å²) in [5.74, 6) is 0.179. The topological polar surface area (TPSA) is 93.5 Å². The number of hydrogen-bond acceptors (Lipinski definition) is 5. The third-order valence-electron chi connectivity index (χ3n) is 3.26. The molecule has 0 unspecified atom stereocenters. The second kappa shape index (κ2) is 8.68. The van der Waals surface area contributed by atoms with E-state index in [-0.39, 0.29) is 24.2 Å². The van der Waals surface area contributed by atoms with Crippen molar-refractivity contribution in [3.8, 4) is 5.75 Å². The fourth-order valence-corrected chi connectivity index (χ4v) is 2.17. The van der Waals surface area contributed by atoms with Gasteiger partial charge in [-0.1, -0.05) is 30.3 Å². The van der Waals surface area contributed by atoms with Gasteiger partial charge in [0.05, 0.1) is 23.6 Å². The van der Waals surface area contributed by atoms with Gasteiger partial charge in [-0.3, -0.25) is 14.9 Å². The molecule has 0 aromatic heterocycles. The molecule has 0 radical (unpaired) electrons. The standard InChI is InChI=1S/C18H21N3O4/c1-13(2)25-17-9-15(8-16(10-17)21(23)24)19-12-18(22)20-11-14-6-4-3-5-7-14/h3-10,13,19H,11-12H2,1-2H3,(H,20,22). The molecule has 2 N–H and O–H groups in total. The van der Waals surface area contributed by atoms with E-state index < -0.39 is 4.92 Å². The zero-order valence-electron chi connectivity index (χ0n) is 14.2. The highest BCUT2D eigenvalue weighted by Crippen LogP contribution is 2.26. The molecular weight excluding hydrogens is 322 g/mol. The molecule has 7 heteroatoms.